The minimum atomic E-state index is 0.403. The SMILES string of the molecule is NCc1cnc2[nH]ncc2c1N. The Kier molecular flexibility index (Phi) is 1.44. The summed E-state index contributed by atoms with van der Waals surface area (Å²) < 4.78 is 0. The fourth-order valence-corrected chi connectivity index (χ4v) is 1.12. The van der Waals surface area contributed by atoms with Crippen LogP contribution in [0.15, 0.2) is 12.4 Å². The van der Waals surface area contributed by atoms with E-state index in [2.05, 4.69) is 15.2 Å². The van der Waals surface area contributed by atoms with Gasteiger partial charge in [-0.25, -0.2) is 4.98 Å². The summed E-state index contributed by atoms with van der Waals surface area (Å²) in [5, 5.41) is 7.39. The number of anilines is 1. The van der Waals surface area contributed by atoms with Crippen molar-refractivity contribution in [3.05, 3.63) is 18.0 Å². The Hall–Kier alpha value is -1.62. The van der Waals surface area contributed by atoms with Crippen molar-refractivity contribution in [1.29, 1.82) is 0 Å². The molecule has 0 fully saturated rings. The first-order valence-electron chi connectivity index (χ1n) is 3.59. The molecule has 0 amide bonds. The average Bonchev–Trinajstić information content (AvgIpc) is 2.53. The summed E-state index contributed by atoms with van der Waals surface area (Å²) in [5.74, 6) is 0. The molecule has 0 saturated heterocycles. The van der Waals surface area contributed by atoms with Gasteiger partial charge in [0, 0.05) is 18.3 Å². The Morgan fingerprint density at radius 1 is 1.42 bits per heavy atom. The van der Waals surface area contributed by atoms with E-state index in [9.17, 15) is 0 Å². The van der Waals surface area contributed by atoms with Crippen molar-refractivity contribution in [3.8, 4) is 0 Å². The first-order valence-corrected chi connectivity index (χ1v) is 3.59. The summed E-state index contributed by atoms with van der Waals surface area (Å²) in [5.41, 5.74) is 13.5. The minimum Gasteiger partial charge on any atom is -0.398 e. The van der Waals surface area contributed by atoms with E-state index in [0.29, 0.717) is 17.9 Å². The molecule has 12 heavy (non-hydrogen) atoms. The number of fused-ring (bicyclic) bond motifs is 1. The standard InChI is InChI=1S/C7H9N5/c8-1-4-2-10-7-5(6(4)9)3-11-12-7/h2-3H,1,8H2,(H3,9,10,11,12). The maximum Gasteiger partial charge on any atom is 0.157 e. The third-order valence-electron chi connectivity index (χ3n) is 1.82. The number of nitrogens with zero attached hydrogens (tertiary/aromatic N) is 2. The molecule has 2 aromatic rings. The van der Waals surface area contributed by atoms with Gasteiger partial charge in [0.1, 0.15) is 0 Å². The normalized spacial score (nSPS) is 10.8. The van der Waals surface area contributed by atoms with E-state index in [4.69, 9.17) is 11.5 Å². The summed E-state index contributed by atoms with van der Waals surface area (Å²) >= 11 is 0. The summed E-state index contributed by atoms with van der Waals surface area (Å²) in [4.78, 5) is 4.09. The highest BCUT2D eigenvalue weighted by Gasteiger charge is 2.04. The molecule has 0 aromatic carbocycles. The Labute approximate surface area is 68.8 Å². The highest BCUT2D eigenvalue weighted by Crippen LogP contribution is 2.19. The van der Waals surface area contributed by atoms with Crippen molar-refractivity contribution >= 4 is 16.7 Å². The van der Waals surface area contributed by atoms with E-state index in [1.165, 1.54) is 0 Å². The number of nitrogen functional groups attached to an aromatic ring is 1. The van der Waals surface area contributed by atoms with Crippen molar-refractivity contribution < 1.29 is 0 Å². The molecule has 2 heterocycles. The van der Waals surface area contributed by atoms with Crippen molar-refractivity contribution in [2.24, 2.45) is 5.73 Å². The number of aromatic amines is 1. The molecule has 0 spiro atoms. The maximum atomic E-state index is 5.79. The summed E-state index contributed by atoms with van der Waals surface area (Å²) in [6, 6.07) is 0. The second-order valence-electron chi connectivity index (χ2n) is 2.53. The fourth-order valence-electron chi connectivity index (χ4n) is 1.12. The van der Waals surface area contributed by atoms with E-state index in [0.717, 1.165) is 10.9 Å². The third kappa shape index (κ3) is 0.835. The lowest BCUT2D eigenvalue weighted by atomic mass is 10.2. The van der Waals surface area contributed by atoms with Crippen LogP contribution in [-0.4, -0.2) is 15.2 Å². The van der Waals surface area contributed by atoms with Gasteiger partial charge in [0.05, 0.1) is 17.3 Å². The van der Waals surface area contributed by atoms with Gasteiger partial charge < -0.3 is 11.5 Å². The Morgan fingerprint density at radius 2 is 2.25 bits per heavy atom. The van der Waals surface area contributed by atoms with E-state index in [1.807, 2.05) is 0 Å². The van der Waals surface area contributed by atoms with Crippen LogP contribution in [0.4, 0.5) is 5.69 Å². The van der Waals surface area contributed by atoms with Crippen LogP contribution in [0.25, 0.3) is 11.0 Å². The molecule has 2 aromatic heterocycles. The van der Waals surface area contributed by atoms with Gasteiger partial charge in [0.2, 0.25) is 0 Å². The molecular weight excluding hydrogens is 154 g/mol. The van der Waals surface area contributed by atoms with Gasteiger partial charge in [-0.05, 0) is 0 Å². The molecule has 5 heteroatoms. The number of H-pyrrole nitrogens is 1. The summed E-state index contributed by atoms with van der Waals surface area (Å²) in [6.07, 6.45) is 3.31. The van der Waals surface area contributed by atoms with Crippen molar-refractivity contribution in [1.82, 2.24) is 15.2 Å². The zero-order valence-electron chi connectivity index (χ0n) is 6.41. The van der Waals surface area contributed by atoms with Crippen molar-refractivity contribution in [2.45, 2.75) is 6.54 Å². The number of hydrogen-bond donors (Lipinski definition) is 3. The largest absolute Gasteiger partial charge is 0.398 e. The average molecular weight is 163 g/mol. The molecule has 0 aliphatic heterocycles. The van der Waals surface area contributed by atoms with Gasteiger partial charge in [0.15, 0.2) is 5.65 Å². The molecule has 0 saturated carbocycles. The van der Waals surface area contributed by atoms with Gasteiger partial charge in [-0.1, -0.05) is 0 Å². The lowest BCUT2D eigenvalue weighted by Crippen LogP contribution is -2.02. The van der Waals surface area contributed by atoms with Crippen molar-refractivity contribution in [3.63, 3.8) is 0 Å². The number of aromatic nitrogens is 3. The zero-order valence-corrected chi connectivity index (χ0v) is 6.41. The van der Waals surface area contributed by atoms with Gasteiger partial charge in [-0.15, -0.1) is 0 Å². The molecule has 0 bridgehead atoms. The third-order valence-corrected chi connectivity index (χ3v) is 1.82. The molecule has 0 aliphatic carbocycles. The van der Waals surface area contributed by atoms with E-state index in [1.54, 1.807) is 12.4 Å². The minimum absolute atomic E-state index is 0.403. The highest BCUT2D eigenvalue weighted by atomic mass is 15.1. The second-order valence-corrected chi connectivity index (χ2v) is 2.53. The molecule has 5 nitrogen and oxygen atoms in total. The van der Waals surface area contributed by atoms with Crippen LogP contribution in [0.5, 0.6) is 0 Å². The van der Waals surface area contributed by atoms with E-state index < -0.39 is 0 Å². The fraction of sp³-hybridized carbons (Fsp3) is 0.143. The highest BCUT2D eigenvalue weighted by molar-refractivity contribution is 5.88. The van der Waals surface area contributed by atoms with Gasteiger partial charge in [-0.2, -0.15) is 5.10 Å². The molecule has 2 rings (SSSR count). The molecular formula is C7H9N5. The summed E-state index contributed by atoms with van der Waals surface area (Å²) in [6.45, 7) is 0.403. The van der Waals surface area contributed by atoms with Crippen LogP contribution in [0.1, 0.15) is 5.56 Å². The number of pyridine rings is 1. The van der Waals surface area contributed by atoms with Crippen LogP contribution >= 0.6 is 0 Å². The van der Waals surface area contributed by atoms with E-state index in [-0.39, 0.29) is 0 Å². The molecule has 0 aliphatic rings. The number of rotatable bonds is 1. The quantitative estimate of drug-likeness (QED) is 0.551. The molecule has 62 valence electrons. The van der Waals surface area contributed by atoms with Gasteiger partial charge in [0.25, 0.3) is 0 Å². The van der Waals surface area contributed by atoms with Crippen molar-refractivity contribution in [2.75, 3.05) is 5.73 Å². The predicted molar refractivity (Wildman–Crippen MR) is 46.2 cm³/mol. The molecule has 0 radical (unpaired) electrons. The van der Waals surface area contributed by atoms with Crippen LogP contribution in [-0.2, 0) is 6.54 Å². The number of nitrogens with two attached hydrogens (primary N) is 2. The Morgan fingerprint density at radius 3 is 3.00 bits per heavy atom. The van der Waals surface area contributed by atoms with Gasteiger partial charge >= 0.3 is 0 Å². The van der Waals surface area contributed by atoms with E-state index >= 15 is 0 Å². The Bertz CT molecular complexity index is 405. The van der Waals surface area contributed by atoms with Crippen LogP contribution in [0, 0.1) is 0 Å². The second kappa shape index (κ2) is 2.46. The number of nitrogens with one attached hydrogen (secondary N) is 1. The predicted octanol–water partition coefficient (Wildman–Crippen LogP) is -0.00120. The Balaban J connectivity index is 2.78. The van der Waals surface area contributed by atoms with Crippen LogP contribution < -0.4 is 11.5 Å². The van der Waals surface area contributed by atoms with Gasteiger partial charge in [-0.3, -0.25) is 5.10 Å². The van der Waals surface area contributed by atoms with Crippen LogP contribution in [0.2, 0.25) is 0 Å². The smallest absolute Gasteiger partial charge is 0.157 e. The topological polar surface area (TPSA) is 93.6 Å². The number of hydrogen-bond acceptors (Lipinski definition) is 4. The summed E-state index contributed by atoms with van der Waals surface area (Å²) in [7, 11) is 0. The molecule has 5 N–H and O–H groups in total. The first kappa shape index (κ1) is 7.05. The molecule has 0 unspecified atom stereocenters. The first-order chi connectivity index (χ1) is 5.83. The monoisotopic (exact) mass is 163 g/mol. The lowest BCUT2D eigenvalue weighted by Gasteiger charge is -2.01. The van der Waals surface area contributed by atoms with Crippen LogP contribution in [0.3, 0.4) is 0 Å². The molecule has 0 atom stereocenters. The zero-order chi connectivity index (χ0) is 8.55. The lowest BCUT2D eigenvalue weighted by molar-refractivity contribution is 1.05. The maximum absolute atomic E-state index is 5.79.